The molecule has 0 radical (unpaired) electrons. The summed E-state index contributed by atoms with van der Waals surface area (Å²) in [4.78, 5) is 0. The first-order chi connectivity index (χ1) is 8.02. The van der Waals surface area contributed by atoms with Crippen molar-refractivity contribution >= 4 is 23.2 Å². The highest BCUT2D eigenvalue weighted by atomic mass is 35.5. The van der Waals surface area contributed by atoms with Gasteiger partial charge in [-0.3, -0.25) is 0 Å². The van der Waals surface area contributed by atoms with Crippen LogP contribution in [0.4, 0.5) is 0 Å². The molecule has 1 aliphatic rings. The molecule has 1 heterocycles. The molecule has 0 bridgehead atoms. The number of benzene rings is 1. The highest BCUT2D eigenvalue weighted by Crippen LogP contribution is 2.31. The topological polar surface area (TPSA) is 21.3 Å². The Morgan fingerprint density at radius 2 is 2.12 bits per heavy atom. The maximum Gasteiger partial charge on any atom is 0.0639 e. The van der Waals surface area contributed by atoms with Crippen LogP contribution in [-0.4, -0.2) is 19.8 Å². The van der Waals surface area contributed by atoms with Crippen molar-refractivity contribution in [3.05, 3.63) is 33.8 Å². The molecular weight excluding hydrogens is 257 g/mol. The summed E-state index contributed by atoms with van der Waals surface area (Å²) in [6, 6.07) is 5.93. The fraction of sp³-hybridized carbons (Fsp3) is 0.538. The summed E-state index contributed by atoms with van der Waals surface area (Å²) < 4.78 is 5.23. The van der Waals surface area contributed by atoms with E-state index in [0.29, 0.717) is 10.0 Å². The second-order valence-corrected chi connectivity index (χ2v) is 5.83. The summed E-state index contributed by atoms with van der Waals surface area (Å²) in [7, 11) is 0. The molecule has 2 rings (SSSR count). The molecule has 1 saturated heterocycles. The van der Waals surface area contributed by atoms with Crippen LogP contribution in [0.5, 0.6) is 0 Å². The predicted molar refractivity (Wildman–Crippen MR) is 71.8 cm³/mol. The molecule has 0 amide bonds. The van der Waals surface area contributed by atoms with Crippen molar-refractivity contribution < 1.29 is 4.74 Å². The third-order valence-electron chi connectivity index (χ3n) is 3.18. The number of halogens is 2. The third-order valence-corrected chi connectivity index (χ3v) is 4.02. The summed E-state index contributed by atoms with van der Waals surface area (Å²) in [5.74, 6) is 0. The van der Waals surface area contributed by atoms with Crippen LogP contribution in [0.25, 0.3) is 0 Å². The van der Waals surface area contributed by atoms with E-state index in [0.717, 1.165) is 25.3 Å². The first-order valence-corrected chi connectivity index (χ1v) is 6.52. The predicted octanol–water partition coefficient (Wildman–Crippen LogP) is 3.68. The first-order valence-electron chi connectivity index (χ1n) is 5.77. The fourth-order valence-electron chi connectivity index (χ4n) is 1.92. The van der Waals surface area contributed by atoms with Crippen LogP contribution in [-0.2, 0) is 4.74 Å². The van der Waals surface area contributed by atoms with Crippen LogP contribution in [0.1, 0.15) is 25.5 Å². The lowest BCUT2D eigenvalue weighted by molar-refractivity contribution is -0.0999. The number of hydrogen-bond donors (Lipinski definition) is 1. The minimum absolute atomic E-state index is 0.193. The molecule has 0 aliphatic carbocycles. The van der Waals surface area contributed by atoms with Gasteiger partial charge in [-0.05, 0) is 18.6 Å². The molecule has 1 atom stereocenters. The molecule has 1 unspecified atom stereocenters. The molecule has 1 aliphatic heterocycles. The van der Waals surface area contributed by atoms with Gasteiger partial charge in [-0.1, -0.05) is 42.3 Å². The molecule has 1 N–H and O–H groups in total. The average molecular weight is 274 g/mol. The molecular formula is C13H17Cl2NO. The Hall–Kier alpha value is -0.280. The zero-order chi connectivity index (χ0) is 12.5. The summed E-state index contributed by atoms with van der Waals surface area (Å²) in [5, 5.41) is 4.74. The summed E-state index contributed by atoms with van der Waals surface area (Å²) in [6.07, 6.45) is 0. The molecule has 17 heavy (non-hydrogen) atoms. The number of nitrogens with one attached hydrogen (secondary N) is 1. The lowest BCUT2D eigenvalue weighted by atomic mass is 9.88. The average Bonchev–Trinajstić information content (AvgIpc) is 2.27. The van der Waals surface area contributed by atoms with E-state index in [9.17, 15) is 0 Å². The monoisotopic (exact) mass is 273 g/mol. The van der Waals surface area contributed by atoms with E-state index in [4.69, 9.17) is 27.9 Å². The second kappa shape index (κ2) is 5.15. The van der Waals surface area contributed by atoms with Crippen molar-refractivity contribution in [2.24, 2.45) is 5.41 Å². The molecule has 94 valence electrons. The molecule has 4 heteroatoms. The van der Waals surface area contributed by atoms with Crippen molar-refractivity contribution in [1.82, 2.24) is 5.32 Å². The van der Waals surface area contributed by atoms with Crippen LogP contribution >= 0.6 is 23.2 Å². The second-order valence-electron chi connectivity index (χ2n) is 5.05. The van der Waals surface area contributed by atoms with Crippen molar-refractivity contribution in [2.75, 3.05) is 19.8 Å². The van der Waals surface area contributed by atoms with Gasteiger partial charge in [-0.15, -0.1) is 0 Å². The van der Waals surface area contributed by atoms with Crippen LogP contribution in [0.3, 0.4) is 0 Å². The highest BCUT2D eigenvalue weighted by Gasteiger charge is 2.33. The van der Waals surface area contributed by atoms with Crippen molar-refractivity contribution in [3.63, 3.8) is 0 Å². The van der Waals surface area contributed by atoms with Gasteiger partial charge in [0, 0.05) is 18.0 Å². The van der Waals surface area contributed by atoms with Crippen LogP contribution in [0.2, 0.25) is 10.0 Å². The smallest absolute Gasteiger partial charge is 0.0639 e. The van der Waals surface area contributed by atoms with Crippen molar-refractivity contribution in [3.8, 4) is 0 Å². The molecule has 1 aromatic rings. The molecule has 1 aromatic carbocycles. The van der Waals surface area contributed by atoms with E-state index in [1.54, 1.807) is 6.07 Å². The van der Waals surface area contributed by atoms with Crippen LogP contribution in [0, 0.1) is 5.41 Å². The summed E-state index contributed by atoms with van der Waals surface area (Å²) in [6.45, 7) is 6.90. The Kier molecular flexibility index (Phi) is 3.99. The van der Waals surface area contributed by atoms with Gasteiger partial charge in [0.05, 0.1) is 23.3 Å². The van der Waals surface area contributed by atoms with Gasteiger partial charge >= 0.3 is 0 Å². The normalized spacial score (nSPS) is 19.8. The molecule has 1 fully saturated rings. The number of rotatable bonds is 4. The van der Waals surface area contributed by atoms with Crippen molar-refractivity contribution in [2.45, 2.75) is 19.9 Å². The van der Waals surface area contributed by atoms with Crippen LogP contribution < -0.4 is 5.32 Å². The van der Waals surface area contributed by atoms with Gasteiger partial charge in [0.15, 0.2) is 0 Å². The first kappa shape index (κ1) is 13.2. The fourth-order valence-corrected chi connectivity index (χ4v) is 2.39. The largest absolute Gasteiger partial charge is 0.380 e. The van der Waals surface area contributed by atoms with Gasteiger partial charge in [0.25, 0.3) is 0 Å². The zero-order valence-corrected chi connectivity index (χ0v) is 11.6. The minimum atomic E-state index is 0.193. The van der Waals surface area contributed by atoms with E-state index in [2.05, 4.69) is 19.2 Å². The van der Waals surface area contributed by atoms with Crippen molar-refractivity contribution in [1.29, 1.82) is 0 Å². The standard InChI is InChI=1S/C13H17Cl2NO/c1-9(16-6-13(2)7-17-8-13)10-4-3-5-11(14)12(10)15/h3-5,9,16H,6-8H2,1-2H3. The highest BCUT2D eigenvalue weighted by molar-refractivity contribution is 6.42. The quantitative estimate of drug-likeness (QED) is 0.904. The maximum atomic E-state index is 6.19. The lowest BCUT2D eigenvalue weighted by Crippen LogP contribution is -2.47. The SMILES string of the molecule is CC(NCC1(C)COC1)c1cccc(Cl)c1Cl. The Bertz CT molecular complexity index is 404. The van der Waals surface area contributed by atoms with Gasteiger partial charge in [0.2, 0.25) is 0 Å². The Balaban J connectivity index is 1.99. The number of ether oxygens (including phenoxy) is 1. The summed E-state index contributed by atoms with van der Waals surface area (Å²) >= 11 is 12.2. The van der Waals surface area contributed by atoms with Gasteiger partial charge < -0.3 is 10.1 Å². The molecule has 0 spiro atoms. The van der Waals surface area contributed by atoms with E-state index in [1.807, 2.05) is 12.1 Å². The van der Waals surface area contributed by atoms with E-state index < -0.39 is 0 Å². The van der Waals surface area contributed by atoms with E-state index in [-0.39, 0.29) is 11.5 Å². The Morgan fingerprint density at radius 3 is 2.71 bits per heavy atom. The zero-order valence-electron chi connectivity index (χ0n) is 10.1. The molecule has 0 aromatic heterocycles. The summed E-state index contributed by atoms with van der Waals surface area (Å²) in [5.41, 5.74) is 1.31. The van der Waals surface area contributed by atoms with Gasteiger partial charge in [0.1, 0.15) is 0 Å². The molecule has 0 saturated carbocycles. The maximum absolute atomic E-state index is 6.19. The lowest BCUT2D eigenvalue weighted by Gasteiger charge is -2.39. The van der Waals surface area contributed by atoms with E-state index in [1.165, 1.54) is 0 Å². The Labute approximate surface area is 112 Å². The number of hydrogen-bond acceptors (Lipinski definition) is 2. The van der Waals surface area contributed by atoms with Gasteiger partial charge in [-0.2, -0.15) is 0 Å². The minimum Gasteiger partial charge on any atom is -0.380 e. The molecule has 2 nitrogen and oxygen atoms in total. The van der Waals surface area contributed by atoms with Gasteiger partial charge in [-0.25, -0.2) is 0 Å². The van der Waals surface area contributed by atoms with Crippen LogP contribution in [0.15, 0.2) is 18.2 Å². The third kappa shape index (κ3) is 2.94. The Morgan fingerprint density at radius 1 is 1.41 bits per heavy atom. The van der Waals surface area contributed by atoms with E-state index >= 15 is 0 Å².